The van der Waals surface area contributed by atoms with Crippen molar-refractivity contribution < 1.29 is 4.74 Å². The van der Waals surface area contributed by atoms with Crippen LogP contribution in [-0.2, 0) is 11.3 Å². The first kappa shape index (κ1) is 12.8. The average molecular weight is 248 g/mol. The smallest absolute Gasteiger partial charge is 0.0721 e. The van der Waals surface area contributed by atoms with Crippen molar-refractivity contribution in [2.75, 3.05) is 13.1 Å². The zero-order valence-corrected chi connectivity index (χ0v) is 9.98. The van der Waals surface area contributed by atoms with Gasteiger partial charge in [-0.1, -0.05) is 23.7 Å². The number of nitrogens with one attached hydrogen (secondary N) is 1. The van der Waals surface area contributed by atoms with E-state index in [-0.39, 0.29) is 12.4 Å². The van der Waals surface area contributed by atoms with E-state index in [2.05, 4.69) is 5.32 Å². The summed E-state index contributed by atoms with van der Waals surface area (Å²) in [6.45, 7) is 2.74. The van der Waals surface area contributed by atoms with Gasteiger partial charge in [0.25, 0.3) is 0 Å². The Morgan fingerprint density at radius 3 is 2.67 bits per heavy atom. The molecular formula is C11H15Cl2NO. The van der Waals surface area contributed by atoms with E-state index in [1.165, 1.54) is 5.56 Å². The lowest BCUT2D eigenvalue weighted by atomic mass is 10.2. The van der Waals surface area contributed by atoms with Gasteiger partial charge in [0, 0.05) is 11.6 Å². The van der Waals surface area contributed by atoms with Crippen molar-refractivity contribution in [2.24, 2.45) is 0 Å². The molecule has 2 nitrogen and oxygen atoms in total. The third-order valence-corrected chi connectivity index (χ3v) is 2.67. The van der Waals surface area contributed by atoms with E-state index in [1.807, 2.05) is 24.3 Å². The Morgan fingerprint density at radius 1 is 1.33 bits per heavy atom. The predicted molar refractivity (Wildman–Crippen MR) is 64.8 cm³/mol. The lowest BCUT2D eigenvalue weighted by Crippen LogP contribution is -2.16. The molecule has 0 saturated carbocycles. The number of benzene rings is 1. The van der Waals surface area contributed by atoms with Crippen LogP contribution >= 0.6 is 24.0 Å². The van der Waals surface area contributed by atoms with Gasteiger partial charge in [-0.3, -0.25) is 0 Å². The summed E-state index contributed by atoms with van der Waals surface area (Å²) in [5.74, 6) is 0. The number of halogens is 2. The Labute approximate surface area is 101 Å². The summed E-state index contributed by atoms with van der Waals surface area (Å²) in [4.78, 5) is 0. The first-order valence-electron chi connectivity index (χ1n) is 4.91. The second kappa shape index (κ2) is 6.33. The van der Waals surface area contributed by atoms with Crippen LogP contribution in [0.1, 0.15) is 12.0 Å². The van der Waals surface area contributed by atoms with Crippen molar-refractivity contribution in [3.05, 3.63) is 34.9 Å². The summed E-state index contributed by atoms with van der Waals surface area (Å²) in [6.07, 6.45) is 1.50. The highest BCUT2D eigenvalue weighted by Gasteiger charge is 2.14. The molecule has 0 aromatic heterocycles. The first-order chi connectivity index (χ1) is 6.84. The summed E-state index contributed by atoms with van der Waals surface area (Å²) < 4.78 is 5.72. The molecule has 84 valence electrons. The molecule has 0 unspecified atom stereocenters. The second-order valence-electron chi connectivity index (χ2n) is 3.55. The van der Waals surface area contributed by atoms with Crippen LogP contribution in [0.4, 0.5) is 0 Å². The normalized spacial score (nSPS) is 19.9. The van der Waals surface area contributed by atoms with E-state index in [9.17, 15) is 0 Å². The van der Waals surface area contributed by atoms with Gasteiger partial charge in [0.1, 0.15) is 0 Å². The molecule has 2 rings (SSSR count). The Bertz CT molecular complexity index is 283. The van der Waals surface area contributed by atoms with Crippen LogP contribution in [-0.4, -0.2) is 19.2 Å². The third-order valence-electron chi connectivity index (χ3n) is 2.41. The minimum Gasteiger partial charge on any atom is -0.372 e. The van der Waals surface area contributed by atoms with Gasteiger partial charge in [-0.15, -0.1) is 12.4 Å². The molecule has 0 spiro atoms. The Hall–Kier alpha value is -0.280. The van der Waals surface area contributed by atoms with Crippen LogP contribution in [0.15, 0.2) is 24.3 Å². The number of rotatable bonds is 3. The lowest BCUT2D eigenvalue weighted by Gasteiger charge is -2.10. The highest BCUT2D eigenvalue weighted by Crippen LogP contribution is 2.12. The topological polar surface area (TPSA) is 21.3 Å². The van der Waals surface area contributed by atoms with E-state index in [0.717, 1.165) is 24.5 Å². The molecule has 1 fully saturated rings. The largest absolute Gasteiger partial charge is 0.372 e. The summed E-state index contributed by atoms with van der Waals surface area (Å²) in [5, 5.41) is 4.05. The SMILES string of the molecule is Cl.Clc1ccc(CO[C@H]2CCNC2)cc1. The summed E-state index contributed by atoms with van der Waals surface area (Å²) in [6, 6.07) is 7.80. The standard InChI is InChI=1S/C11H14ClNO.ClH/c12-10-3-1-9(2-4-10)8-14-11-5-6-13-7-11;/h1-4,11,13H,5-8H2;1H/t11-;/m0./s1. The van der Waals surface area contributed by atoms with E-state index in [1.54, 1.807) is 0 Å². The molecule has 1 aliphatic rings. The monoisotopic (exact) mass is 247 g/mol. The van der Waals surface area contributed by atoms with Gasteiger partial charge in [-0.2, -0.15) is 0 Å². The molecule has 1 aromatic carbocycles. The van der Waals surface area contributed by atoms with Crippen LogP contribution in [0, 0.1) is 0 Å². The molecule has 1 aromatic rings. The molecule has 1 saturated heterocycles. The van der Waals surface area contributed by atoms with Gasteiger partial charge < -0.3 is 10.1 Å². The number of hydrogen-bond acceptors (Lipinski definition) is 2. The minimum atomic E-state index is 0. The van der Waals surface area contributed by atoms with Gasteiger partial charge in [-0.25, -0.2) is 0 Å². The van der Waals surface area contributed by atoms with Gasteiger partial charge in [0.2, 0.25) is 0 Å². The summed E-state index contributed by atoms with van der Waals surface area (Å²) >= 11 is 5.79. The Balaban J connectivity index is 0.00000112. The molecule has 0 aliphatic carbocycles. The summed E-state index contributed by atoms with van der Waals surface area (Å²) in [7, 11) is 0. The average Bonchev–Trinajstić information content (AvgIpc) is 2.70. The fourth-order valence-electron chi connectivity index (χ4n) is 1.57. The van der Waals surface area contributed by atoms with E-state index < -0.39 is 0 Å². The van der Waals surface area contributed by atoms with Crippen LogP contribution in [0.3, 0.4) is 0 Å². The highest BCUT2D eigenvalue weighted by atomic mass is 35.5. The van der Waals surface area contributed by atoms with Crippen LogP contribution in [0.2, 0.25) is 5.02 Å². The van der Waals surface area contributed by atoms with E-state index in [4.69, 9.17) is 16.3 Å². The molecule has 0 radical (unpaired) electrons. The van der Waals surface area contributed by atoms with Gasteiger partial charge >= 0.3 is 0 Å². The fourth-order valence-corrected chi connectivity index (χ4v) is 1.69. The maximum absolute atomic E-state index is 5.79. The van der Waals surface area contributed by atoms with Gasteiger partial charge in [0.05, 0.1) is 12.7 Å². The maximum atomic E-state index is 5.79. The van der Waals surface area contributed by atoms with Crippen molar-refractivity contribution >= 4 is 24.0 Å². The van der Waals surface area contributed by atoms with Crippen molar-refractivity contribution in [3.63, 3.8) is 0 Å². The quantitative estimate of drug-likeness (QED) is 0.887. The van der Waals surface area contributed by atoms with Gasteiger partial charge in [-0.05, 0) is 30.7 Å². The minimum absolute atomic E-state index is 0. The van der Waals surface area contributed by atoms with Crippen molar-refractivity contribution in [1.82, 2.24) is 5.32 Å². The van der Waals surface area contributed by atoms with Crippen molar-refractivity contribution in [2.45, 2.75) is 19.1 Å². The lowest BCUT2D eigenvalue weighted by molar-refractivity contribution is 0.0542. The predicted octanol–water partition coefficient (Wildman–Crippen LogP) is 2.64. The molecule has 1 heterocycles. The van der Waals surface area contributed by atoms with Crippen LogP contribution in [0.25, 0.3) is 0 Å². The van der Waals surface area contributed by atoms with E-state index >= 15 is 0 Å². The maximum Gasteiger partial charge on any atom is 0.0721 e. The summed E-state index contributed by atoms with van der Waals surface area (Å²) in [5.41, 5.74) is 1.18. The Kier molecular flexibility index (Phi) is 5.40. The highest BCUT2D eigenvalue weighted by molar-refractivity contribution is 6.30. The van der Waals surface area contributed by atoms with Crippen LogP contribution < -0.4 is 5.32 Å². The molecule has 4 heteroatoms. The number of hydrogen-bond donors (Lipinski definition) is 1. The fraction of sp³-hybridized carbons (Fsp3) is 0.455. The molecule has 1 N–H and O–H groups in total. The molecule has 0 bridgehead atoms. The zero-order valence-electron chi connectivity index (χ0n) is 8.41. The Morgan fingerprint density at radius 2 is 2.07 bits per heavy atom. The molecule has 1 atom stereocenters. The third kappa shape index (κ3) is 3.99. The molecule has 0 amide bonds. The molecular weight excluding hydrogens is 233 g/mol. The van der Waals surface area contributed by atoms with Gasteiger partial charge in [0.15, 0.2) is 0 Å². The number of ether oxygens (including phenoxy) is 1. The zero-order chi connectivity index (χ0) is 9.80. The molecule has 1 aliphatic heterocycles. The molecule has 15 heavy (non-hydrogen) atoms. The first-order valence-corrected chi connectivity index (χ1v) is 5.29. The van der Waals surface area contributed by atoms with Crippen molar-refractivity contribution in [3.8, 4) is 0 Å². The van der Waals surface area contributed by atoms with Crippen molar-refractivity contribution in [1.29, 1.82) is 0 Å². The second-order valence-corrected chi connectivity index (χ2v) is 3.99. The van der Waals surface area contributed by atoms with E-state index in [0.29, 0.717) is 12.7 Å². The van der Waals surface area contributed by atoms with Crippen LogP contribution in [0.5, 0.6) is 0 Å².